The Morgan fingerprint density at radius 1 is 1.33 bits per heavy atom. The maximum absolute atomic E-state index is 5.77. The van der Waals surface area contributed by atoms with E-state index in [2.05, 4.69) is 20.6 Å². The second-order valence-electron chi connectivity index (χ2n) is 4.27. The van der Waals surface area contributed by atoms with Crippen LogP contribution in [0.15, 0.2) is 17.0 Å². The van der Waals surface area contributed by atoms with Crippen molar-refractivity contribution in [3.05, 3.63) is 18.2 Å². The van der Waals surface area contributed by atoms with Gasteiger partial charge in [0, 0.05) is 18.0 Å². The van der Waals surface area contributed by atoms with Gasteiger partial charge in [0.15, 0.2) is 11.4 Å². The van der Waals surface area contributed by atoms with Gasteiger partial charge in [0.2, 0.25) is 0 Å². The Bertz CT molecular complexity index is 510. The van der Waals surface area contributed by atoms with E-state index in [9.17, 15) is 0 Å². The summed E-state index contributed by atoms with van der Waals surface area (Å²) in [6.45, 7) is 1.82. The summed E-state index contributed by atoms with van der Waals surface area (Å²) < 4.78 is 5.49. The summed E-state index contributed by atoms with van der Waals surface area (Å²) in [6.07, 6.45) is 4.23. The van der Waals surface area contributed by atoms with Crippen molar-refractivity contribution in [2.75, 3.05) is 32.9 Å². The molecular formula is C12H19N5O. The van der Waals surface area contributed by atoms with E-state index in [1.165, 1.54) is 6.33 Å². The van der Waals surface area contributed by atoms with Gasteiger partial charge in [0.05, 0.1) is 6.26 Å². The zero-order valence-corrected chi connectivity index (χ0v) is 10.7. The number of nitrogens with zero attached hydrogens (tertiary/aromatic N) is 2. The lowest BCUT2D eigenvalue weighted by Gasteiger charge is -2.14. The molecule has 0 amide bonds. The van der Waals surface area contributed by atoms with Crippen molar-refractivity contribution in [3.63, 3.8) is 0 Å². The lowest BCUT2D eigenvalue weighted by atomic mass is 9.97. The second kappa shape index (κ2) is 5.79. The number of likely N-dealkylation sites (N-methyl/N-ethyl adjacent to an activating group) is 1. The maximum Gasteiger partial charge on any atom is 0.194 e. The Morgan fingerprint density at radius 3 is 2.89 bits per heavy atom. The molecule has 0 saturated heterocycles. The lowest BCUT2D eigenvalue weighted by molar-refractivity contribution is 0.550. The molecule has 98 valence electrons. The lowest BCUT2D eigenvalue weighted by Crippen LogP contribution is -2.21. The highest BCUT2D eigenvalue weighted by atomic mass is 16.3. The highest BCUT2D eigenvalue weighted by Crippen LogP contribution is 2.29. The molecule has 2 rings (SSSR count). The number of fused-ring (bicyclic) bond motifs is 1. The van der Waals surface area contributed by atoms with Gasteiger partial charge in [0.1, 0.15) is 11.8 Å². The number of hydrogen-bond acceptors (Lipinski definition) is 6. The molecule has 6 heteroatoms. The summed E-state index contributed by atoms with van der Waals surface area (Å²) in [5, 5.41) is 6.36. The first-order valence-electron chi connectivity index (χ1n) is 6.04. The first-order valence-corrected chi connectivity index (χ1v) is 6.04. The molecule has 2 aromatic heterocycles. The third-order valence-corrected chi connectivity index (χ3v) is 3.04. The van der Waals surface area contributed by atoms with E-state index in [0.29, 0.717) is 17.3 Å². The molecule has 0 aromatic carbocycles. The van der Waals surface area contributed by atoms with Crippen LogP contribution in [0.5, 0.6) is 0 Å². The largest absolute Gasteiger partial charge is 0.458 e. The Kier molecular flexibility index (Phi) is 4.11. The van der Waals surface area contributed by atoms with Crippen LogP contribution in [0, 0.1) is 0 Å². The highest BCUT2D eigenvalue weighted by molar-refractivity contribution is 5.85. The van der Waals surface area contributed by atoms with E-state index in [1.807, 2.05) is 14.1 Å². The number of rotatable bonds is 6. The van der Waals surface area contributed by atoms with Crippen molar-refractivity contribution in [1.82, 2.24) is 20.6 Å². The Morgan fingerprint density at radius 2 is 2.17 bits per heavy atom. The van der Waals surface area contributed by atoms with Gasteiger partial charge in [0.25, 0.3) is 0 Å². The summed E-state index contributed by atoms with van der Waals surface area (Å²) in [4.78, 5) is 8.21. The smallest absolute Gasteiger partial charge is 0.194 e. The molecule has 2 heterocycles. The molecule has 4 N–H and O–H groups in total. The standard InChI is InChI=1S/C12H19N5O/c1-14-4-3-8(5-15-2)9-6-18-11-10(9)16-7-17-12(11)13/h6-8,14-15H,3-5H2,1-2H3,(H2,13,16,17). The molecule has 0 aliphatic carbocycles. The van der Waals surface area contributed by atoms with Crippen LogP contribution in [0.25, 0.3) is 11.1 Å². The molecule has 0 fully saturated rings. The third-order valence-electron chi connectivity index (χ3n) is 3.04. The molecule has 18 heavy (non-hydrogen) atoms. The summed E-state index contributed by atoms with van der Waals surface area (Å²) >= 11 is 0. The van der Waals surface area contributed by atoms with E-state index in [4.69, 9.17) is 10.2 Å². The predicted octanol–water partition coefficient (Wildman–Crippen LogP) is 0.718. The predicted molar refractivity (Wildman–Crippen MR) is 71.4 cm³/mol. The highest BCUT2D eigenvalue weighted by Gasteiger charge is 2.18. The summed E-state index contributed by atoms with van der Waals surface area (Å²) in [6, 6.07) is 0. The third kappa shape index (κ3) is 2.44. The topological polar surface area (TPSA) is 89.0 Å². The second-order valence-corrected chi connectivity index (χ2v) is 4.27. The number of aromatic nitrogens is 2. The van der Waals surface area contributed by atoms with Crippen molar-refractivity contribution in [2.24, 2.45) is 0 Å². The minimum atomic E-state index is 0.345. The van der Waals surface area contributed by atoms with Gasteiger partial charge in [-0.2, -0.15) is 0 Å². The number of anilines is 1. The van der Waals surface area contributed by atoms with Crippen LogP contribution in [0.4, 0.5) is 5.82 Å². The monoisotopic (exact) mass is 249 g/mol. The number of nitrogen functional groups attached to an aromatic ring is 1. The van der Waals surface area contributed by atoms with Crippen molar-refractivity contribution in [1.29, 1.82) is 0 Å². The molecular weight excluding hydrogens is 230 g/mol. The minimum absolute atomic E-state index is 0.345. The Labute approximate surface area is 106 Å². The molecule has 0 saturated carbocycles. The molecule has 0 bridgehead atoms. The van der Waals surface area contributed by atoms with Gasteiger partial charge >= 0.3 is 0 Å². The van der Waals surface area contributed by atoms with Crippen molar-refractivity contribution >= 4 is 16.9 Å². The Balaban J connectivity index is 2.34. The molecule has 2 aromatic rings. The average Bonchev–Trinajstić information content (AvgIpc) is 2.80. The number of nitrogens with one attached hydrogen (secondary N) is 2. The van der Waals surface area contributed by atoms with Gasteiger partial charge in [-0.15, -0.1) is 0 Å². The normalized spacial score (nSPS) is 13.0. The fraction of sp³-hybridized carbons (Fsp3) is 0.500. The van der Waals surface area contributed by atoms with Gasteiger partial charge in [-0.3, -0.25) is 0 Å². The van der Waals surface area contributed by atoms with Crippen molar-refractivity contribution in [3.8, 4) is 0 Å². The molecule has 6 nitrogen and oxygen atoms in total. The fourth-order valence-corrected chi connectivity index (χ4v) is 2.11. The van der Waals surface area contributed by atoms with Crippen LogP contribution in [0.1, 0.15) is 17.9 Å². The van der Waals surface area contributed by atoms with Gasteiger partial charge in [-0.25, -0.2) is 9.97 Å². The molecule has 1 atom stereocenters. The first-order chi connectivity index (χ1) is 8.77. The molecule has 1 unspecified atom stereocenters. The maximum atomic E-state index is 5.77. The molecule has 0 aliphatic heterocycles. The summed E-state index contributed by atoms with van der Waals surface area (Å²) in [5.41, 5.74) is 8.26. The number of hydrogen-bond donors (Lipinski definition) is 3. The molecule has 0 radical (unpaired) electrons. The van der Waals surface area contributed by atoms with E-state index in [-0.39, 0.29) is 0 Å². The SMILES string of the molecule is CNCCC(CNC)c1coc2c(N)ncnc12. The van der Waals surface area contributed by atoms with Crippen molar-refractivity contribution in [2.45, 2.75) is 12.3 Å². The zero-order chi connectivity index (χ0) is 13.0. The van der Waals surface area contributed by atoms with Crippen LogP contribution in [-0.2, 0) is 0 Å². The fourth-order valence-electron chi connectivity index (χ4n) is 2.11. The number of nitrogens with two attached hydrogens (primary N) is 1. The van der Waals surface area contributed by atoms with E-state index < -0.39 is 0 Å². The van der Waals surface area contributed by atoms with Crippen LogP contribution >= 0.6 is 0 Å². The number of furan rings is 1. The van der Waals surface area contributed by atoms with Crippen LogP contribution < -0.4 is 16.4 Å². The Hall–Kier alpha value is -1.66. The first kappa shape index (κ1) is 12.8. The van der Waals surface area contributed by atoms with E-state index in [0.717, 1.165) is 30.6 Å². The molecule has 0 spiro atoms. The van der Waals surface area contributed by atoms with Crippen LogP contribution in [0.3, 0.4) is 0 Å². The van der Waals surface area contributed by atoms with E-state index >= 15 is 0 Å². The van der Waals surface area contributed by atoms with Gasteiger partial charge in [-0.1, -0.05) is 0 Å². The summed E-state index contributed by atoms with van der Waals surface area (Å²) in [7, 11) is 3.89. The molecule has 0 aliphatic rings. The van der Waals surface area contributed by atoms with Crippen LogP contribution in [-0.4, -0.2) is 37.2 Å². The van der Waals surface area contributed by atoms with Crippen LogP contribution in [0.2, 0.25) is 0 Å². The van der Waals surface area contributed by atoms with Crippen molar-refractivity contribution < 1.29 is 4.42 Å². The minimum Gasteiger partial charge on any atom is -0.458 e. The van der Waals surface area contributed by atoms with Gasteiger partial charge < -0.3 is 20.8 Å². The van der Waals surface area contributed by atoms with E-state index in [1.54, 1.807) is 6.26 Å². The van der Waals surface area contributed by atoms with Gasteiger partial charge in [-0.05, 0) is 27.1 Å². The quantitative estimate of drug-likeness (QED) is 0.699. The summed E-state index contributed by atoms with van der Waals surface area (Å²) in [5.74, 6) is 0.737. The zero-order valence-electron chi connectivity index (χ0n) is 10.7. The average molecular weight is 249 g/mol.